The van der Waals surface area contributed by atoms with E-state index in [0.717, 1.165) is 36.1 Å². The summed E-state index contributed by atoms with van der Waals surface area (Å²) in [5.74, 6) is 0.265. The van der Waals surface area contributed by atoms with Crippen LogP contribution in [0.2, 0.25) is 0 Å². The van der Waals surface area contributed by atoms with Crippen LogP contribution in [-0.2, 0) is 18.4 Å². The number of nitrogens with two attached hydrogens (primary N) is 1. The molecule has 5 heterocycles. The highest BCUT2D eigenvalue weighted by atomic mass is 19.1. The van der Waals surface area contributed by atoms with E-state index in [0.29, 0.717) is 64.7 Å². The molecule has 3 atom stereocenters. The molecule has 2 aromatic carbocycles. The summed E-state index contributed by atoms with van der Waals surface area (Å²) in [7, 11) is 3.45. The van der Waals surface area contributed by atoms with Crippen LogP contribution < -0.4 is 15.4 Å². The minimum atomic E-state index is -1.17. The number of piperidine rings is 2. The van der Waals surface area contributed by atoms with Crippen molar-refractivity contribution in [3.05, 3.63) is 59.9 Å². The molecule has 8 rings (SSSR count). The van der Waals surface area contributed by atoms with Crippen LogP contribution in [0.15, 0.2) is 48.5 Å². The maximum absolute atomic E-state index is 15.5. The minimum Gasteiger partial charge on any atom is -0.494 e. The van der Waals surface area contributed by atoms with Crippen molar-refractivity contribution in [1.82, 2.24) is 24.0 Å². The van der Waals surface area contributed by atoms with Crippen LogP contribution in [0.25, 0.3) is 44.8 Å². The molecule has 0 radical (unpaired) electrons. The first-order chi connectivity index (χ1) is 24.1. The van der Waals surface area contributed by atoms with Gasteiger partial charge in [-0.05, 0) is 80.5 Å². The fraction of sp³-hybridized carbons (Fsp3) is 0.405. The summed E-state index contributed by atoms with van der Waals surface area (Å²) in [4.78, 5) is 38.8. The Morgan fingerprint density at radius 3 is 2.64 bits per heavy atom. The summed E-state index contributed by atoms with van der Waals surface area (Å²) in [6.45, 7) is 1.36. The third kappa shape index (κ3) is 5.67. The molecule has 11 nitrogen and oxygen atoms in total. The number of ether oxygens (including phenoxy) is 1. The molecule has 3 fully saturated rings. The van der Waals surface area contributed by atoms with Crippen molar-refractivity contribution in [3.63, 3.8) is 0 Å². The Labute approximate surface area is 287 Å². The Bertz CT molecular complexity index is 2150. The average Bonchev–Trinajstić information content (AvgIpc) is 3.77. The number of anilines is 1. The molecule has 2 saturated heterocycles. The van der Waals surface area contributed by atoms with Gasteiger partial charge in [0.2, 0.25) is 0 Å². The van der Waals surface area contributed by atoms with Crippen molar-refractivity contribution in [2.45, 2.75) is 57.0 Å². The summed E-state index contributed by atoms with van der Waals surface area (Å²) in [5.41, 5.74) is 10.5. The van der Waals surface area contributed by atoms with Gasteiger partial charge in [-0.15, -0.1) is 0 Å². The van der Waals surface area contributed by atoms with E-state index in [2.05, 4.69) is 4.57 Å². The first kappa shape index (κ1) is 32.3. The number of aliphatic hydroxyl groups is 1. The molecule has 2 amide bonds. The number of carbonyl (C=O) groups excluding carboxylic acids is 2. The van der Waals surface area contributed by atoms with Crippen LogP contribution in [0.1, 0.15) is 42.5 Å². The number of alkyl halides is 1. The summed E-state index contributed by atoms with van der Waals surface area (Å²) in [6.07, 6.45) is 1.13. The quantitative estimate of drug-likeness (QED) is 0.252. The largest absolute Gasteiger partial charge is 0.494 e. The van der Waals surface area contributed by atoms with E-state index in [1.54, 1.807) is 31.4 Å². The highest BCUT2D eigenvalue weighted by molar-refractivity contribution is 6.00. The number of aromatic nitrogens is 4. The molecule has 13 heteroatoms. The van der Waals surface area contributed by atoms with E-state index in [9.17, 15) is 19.1 Å². The second-order valence-corrected chi connectivity index (χ2v) is 13.9. The Morgan fingerprint density at radius 1 is 1.08 bits per heavy atom. The molecule has 5 aromatic rings. The first-order valence-corrected chi connectivity index (χ1v) is 17.1. The Kier molecular flexibility index (Phi) is 8.06. The number of halogens is 2. The third-order valence-corrected chi connectivity index (χ3v) is 10.2. The molecule has 3 aliphatic rings. The number of methoxy groups -OCH3 is 1. The van der Waals surface area contributed by atoms with Crippen LogP contribution in [0.4, 0.5) is 14.5 Å². The highest BCUT2D eigenvalue weighted by Crippen LogP contribution is 2.38. The zero-order chi connectivity index (χ0) is 34.8. The highest BCUT2D eigenvalue weighted by Gasteiger charge is 2.32. The van der Waals surface area contributed by atoms with E-state index in [4.69, 9.17) is 20.4 Å². The van der Waals surface area contributed by atoms with Gasteiger partial charge in [-0.25, -0.2) is 18.7 Å². The number of aliphatic hydroxyl groups excluding tert-OH is 1. The van der Waals surface area contributed by atoms with Gasteiger partial charge in [-0.3, -0.25) is 9.59 Å². The minimum absolute atomic E-state index is 0.00431. The number of aryl methyl sites for hydroxylation is 1. The van der Waals surface area contributed by atoms with Crippen molar-refractivity contribution in [2.75, 3.05) is 31.6 Å². The number of likely N-dealkylation sites (tertiary alicyclic amines) is 1. The van der Waals surface area contributed by atoms with E-state index in [1.807, 2.05) is 29.8 Å². The number of rotatable bonds is 7. The van der Waals surface area contributed by atoms with Gasteiger partial charge >= 0.3 is 0 Å². The monoisotopic (exact) mass is 683 g/mol. The van der Waals surface area contributed by atoms with Gasteiger partial charge in [0, 0.05) is 49.2 Å². The predicted octanol–water partition coefficient (Wildman–Crippen LogP) is 4.81. The lowest BCUT2D eigenvalue weighted by atomic mass is 10.0. The summed E-state index contributed by atoms with van der Waals surface area (Å²) in [5, 5.41) is 10.9. The smallest absolute Gasteiger partial charge is 0.255 e. The number of amides is 2. The number of nitrogens with zero attached hydrogens (tertiary/aromatic N) is 6. The lowest BCUT2D eigenvalue weighted by molar-refractivity contribution is -0.128. The fourth-order valence-electron chi connectivity index (χ4n) is 7.44. The molecule has 3 aromatic heterocycles. The van der Waals surface area contributed by atoms with Crippen LogP contribution in [0.5, 0.6) is 5.75 Å². The van der Waals surface area contributed by atoms with Gasteiger partial charge in [0.25, 0.3) is 11.8 Å². The van der Waals surface area contributed by atoms with Gasteiger partial charge in [0.15, 0.2) is 5.82 Å². The second-order valence-electron chi connectivity index (χ2n) is 13.9. The Hall–Kier alpha value is -4.88. The number of benzene rings is 2. The van der Waals surface area contributed by atoms with Crippen LogP contribution >= 0.6 is 0 Å². The maximum atomic E-state index is 15.5. The van der Waals surface area contributed by atoms with E-state index in [-0.39, 0.29) is 31.1 Å². The van der Waals surface area contributed by atoms with E-state index >= 15 is 4.39 Å². The van der Waals surface area contributed by atoms with Crippen LogP contribution in [0.3, 0.4) is 0 Å². The Balaban J connectivity index is 1.18. The topological polar surface area (TPSA) is 132 Å². The molecule has 1 saturated carbocycles. The van der Waals surface area contributed by atoms with Crippen molar-refractivity contribution in [3.8, 4) is 28.5 Å². The summed E-state index contributed by atoms with van der Waals surface area (Å²) >= 11 is 0. The third-order valence-electron chi connectivity index (χ3n) is 10.2. The lowest BCUT2D eigenvalue weighted by Gasteiger charge is -2.33. The van der Waals surface area contributed by atoms with Gasteiger partial charge in [0.05, 0.1) is 36.2 Å². The molecule has 2 aliphatic heterocycles. The number of hydrogen-bond acceptors (Lipinski definition) is 7. The Morgan fingerprint density at radius 2 is 1.90 bits per heavy atom. The second kappa shape index (κ2) is 12.5. The number of pyridine rings is 1. The SMILES string of the molecule is COc1cc(C(=O)N2C[C@H](N)C[C@@H](F)C2)cc2nc(-c3cc4ccc(-c5ccc(N6CCCC(O)C6=O)c(F)c5)nc4n3CC3CC3)n(C)c12. The molecular formula is C37H39F2N7O4. The molecule has 1 aliphatic carbocycles. The number of hydrogen-bond donors (Lipinski definition) is 2. The average molecular weight is 684 g/mol. The van der Waals surface area contributed by atoms with Crippen molar-refractivity contribution in [2.24, 2.45) is 18.7 Å². The molecular weight excluding hydrogens is 644 g/mol. The zero-order valence-corrected chi connectivity index (χ0v) is 28.0. The summed E-state index contributed by atoms with van der Waals surface area (Å²) in [6, 6.07) is 13.5. The number of fused-ring (bicyclic) bond motifs is 2. The van der Waals surface area contributed by atoms with Crippen LogP contribution in [-0.4, -0.2) is 86.0 Å². The zero-order valence-electron chi connectivity index (χ0n) is 28.0. The van der Waals surface area contributed by atoms with Crippen LogP contribution in [0, 0.1) is 11.7 Å². The normalized spacial score (nSPS) is 21.4. The van der Waals surface area contributed by atoms with Gasteiger partial charge in [0.1, 0.15) is 35.0 Å². The van der Waals surface area contributed by atoms with E-state index in [1.165, 1.54) is 15.9 Å². The first-order valence-electron chi connectivity index (χ1n) is 17.1. The maximum Gasteiger partial charge on any atom is 0.255 e. The van der Waals surface area contributed by atoms with Crippen molar-refractivity contribution >= 4 is 39.6 Å². The molecule has 3 N–H and O–H groups in total. The van der Waals surface area contributed by atoms with Crippen molar-refractivity contribution < 1.29 is 28.2 Å². The van der Waals surface area contributed by atoms with Crippen molar-refractivity contribution in [1.29, 1.82) is 0 Å². The van der Waals surface area contributed by atoms with Gasteiger partial charge in [-0.2, -0.15) is 0 Å². The number of imidazole rings is 1. The van der Waals surface area contributed by atoms with E-state index < -0.39 is 30.0 Å². The predicted molar refractivity (Wildman–Crippen MR) is 185 cm³/mol. The fourth-order valence-corrected chi connectivity index (χ4v) is 7.44. The molecule has 260 valence electrons. The molecule has 0 spiro atoms. The van der Waals surface area contributed by atoms with Gasteiger partial charge in [-0.1, -0.05) is 6.07 Å². The molecule has 1 unspecified atom stereocenters. The lowest BCUT2D eigenvalue weighted by Crippen LogP contribution is -2.50. The standard InChI is InChI=1S/C37H39F2N7O4/c1-43-33-28(13-23(15-32(33)50-2)36(48)44-18-24(38)16-25(40)19-44)42-35(43)30-14-22-7-9-27(41-34(22)46(30)17-20-5-6-20)21-8-10-29(26(39)12-21)45-11-3-4-31(47)37(45)49/h7-10,12-15,20,24-25,31,47H,3-6,11,16-19,40H2,1-2H3/t24-,25-,31?/m1/s1. The molecule has 50 heavy (non-hydrogen) atoms. The number of carbonyl (C=O) groups is 2. The summed E-state index contributed by atoms with van der Waals surface area (Å²) < 4.78 is 39.6. The molecule has 0 bridgehead atoms. The van der Waals surface area contributed by atoms with Gasteiger partial charge < -0.3 is 34.5 Å².